The highest BCUT2D eigenvalue weighted by Crippen LogP contribution is 2.11. The molecule has 0 unspecified atom stereocenters. The van der Waals surface area contributed by atoms with Crippen LogP contribution >= 0.6 is 0 Å². The Labute approximate surface area is 113 Å². The maximum absolute atomic E-state index is 13.3. The van der Waals surface area contributed by atoms with Gasteiger partial charge in [-0.1, -0.05) is 45.1 Å². The van der Waals surface area contributed by atoms with Crippen molar-refractivity contribution in [2.45, 2.75) is 45.4 Å². The zero-order valence-corrected chi connectivity index (χ0v) is 11.3. The van der Waals surface area contributed by atoms with Crippen molar-refractivity contribution in [1.82, 2.24) is 5.32 Å². The predicted octanol–water partition coefficient (Wildman–Crippen LogP) is 4.06. The zero-order chi connectivity index (χ0) is 14.1. The summed E-state index contributed by atoms with van der Waals surface area (Å²) in [4.78, 5) is 11.6. The molecule has 0 atom stereocenters. The van der Waals surface area contributed by atoms with Crippen LogP contribution in [-0.4, -0.2) is 12.5 Å². The first-order valence-corrected chi connectivity index (χ1v) is 6.89. The van der Waals surface area contributed by atoms with E-state index >= 15 is 0 Å². The molecule has 1 aromatic carbocycles. The number of carbonyl (C=O) groups excluding carboxylic acids is 1. The van der Waals surface area contributed by atoms with Gasteiger partial charge in [0.05, 0.1) is 5.56 Å². The Morgan fingerprint density at radius 1 is 1.11 bits per heavy atom. The molecule has 0 fully saturated rings. The van der Waals surface area contributed by atoms with Crippen molar-refractivity contribution in [3.63, 3.8) is 0 Å². The molecule has 0 radical (unpaired) electrons. The van der Waals surface area contributed by atoms with Crippen LogP contribution < -0.4 is 5.32 Å². The first kappa shape index (κ1) is 15.6. The van der Waals surface area contributed by atoms with Gasteiger partial charge in [-0.15, -0.1) is 0 Å². The molecule has 1 amide bonds. The highest BCUT2D eigenvalue weighted by Gasteiger charge is 2.14. The summed E-state index contributed by atoms with van der Waals surface area (Å²) in [6, 6.07) is 3.62. The summed E-state index contributed by atoms with van der Waals surface area (Å²) in [5.41, 5.74) is -0.231. The second-order valence-electron chi connectivity index (χ2n) is 4.63. The van der Waals surface area contributed by atoms with Gasteiger partial charge in [0, 0.05) is 6.54 Å². The Morgan fingerprint density at radius 2 is 1.79 bits per heavy atom. The Morgan fingerprint density at radius 3 is 2.53 bits per heavy atom. The molecule has 1 N–H and O–H groups in total. The highest BCUT2D eigenvalue weighted by molar-refractivity contribution is 5.94. The Hall–Kier alpha value is -1.45. The summed E-state index contributed by atoms with van der Waals surface area (Å²) in [5, 5.41) is 2.61. The van der Waals surface area contributed by atoms with Crippen LogP contribution in [-0.2, 0) is 0 Å². The van der Waals surface area contributed by atoms with Crippen molar-refractivity contribution in [2.75, 3.05) is 6.54 Å². The molecule has 0 aliphatic carbocycles. The molecular formula is C15H21F2NO. The molecular weight excluding hydrogens is 248 g/mol. The minimum absolute atomic E-state index is 0.231. The number of carbonyl (C=O) groups is 1. The highest BCUT2D eigenvalue weighted by atomic mass is 19.2. The molecule has 1 rings (SSSR count). The molecule has 1 aromatic rings. The van der Waals surface area contributed by atoms with Gasteiger partial charge in [-0.3, -0.25) is 4.79 Å². The van der Waals surface area contributed by atoms with E-state index in [0.29, 0.717) is 6.54 Å². The number of benzene rings is 1. The summed E-state index contributed by atoms with van der Waals surface area (Å²) in [6.07, 6.45) is 6.72. The standard InChI is InChI=1S/C15H21F2NO/c1-2-3-4-5-6-7-11-18-15(19)12-9-8-10-13(16)14(12)17/h8-10H,2-7,11H2,1H3,(H,18,19). The van der Waals surface area contributed by atoms with Crippen molar-refractivity contribution in [3.05, 3.63) is 35.4 Å². The molecule has 0 bridgehead atoms. The fourth-order valence-electron chi connectivity index (χ4n) is 1.88. The number of hydrogen-bond donors (Lipinski definition) is 1. The van der Waals surface area contributed by atoms with E-state index in [2.05, 4.69) is 12.2 Å². The second-order valence-corrected chi connectivity index (χ2v) is 4.63. The van der Waals surface area contributed by atoms with Gasteiger partial charge in [0.25, 0.3) is 5.91 Å². The molecule has 0 saturated heterocycles. The maximum atomic E-state index is 13.3. The molecule has 0 spiro atoms. The van der Waals surface area contributed by atoms with E-state index in [1.165, 1.54) is 31.4 Å². The molecule has 19 heavy (non-hydrogen) atoms. The number of amides is 1. The van der Waals surface area contributed by atoms with E-state index in [9.17, 15) is 13.6 Å². The minimum atomic E-state index is -1.08. The fourth-order valence-corrected chi connectivity index (χ4v) is 1.88. The van der Waals surface area contributed by atoms with E-state index in [1.54, 1.807) is 0 Å². The monoisotopic (exact) mass is 269 g/mol. The lowest BCUT2D eigenvalue weighted by atomic mass is 10.1. The molecule has 0 saturated carbocycles. The lowest BCUT2D eigenvalue weighted by molar-refractivity contribution is 0.0948. The molecule has 2 nitrogen and oxygen atoms in total. The lowest BCUT2D eigenvalue weighted by Crippen LogP contribution is -2.25. The maximum Gasteiger partial charge on any atom is 0.254 e. The molecule has 0 heterocycles. The van der Waals surface area contributed by atoms with Crippen molar-refractivity contribution in [3.8, 4) is 0 Å². The summed E-state index contributed by atoms with van der Waals surface area (Å²) >= 11 is 0. The molecule has 0 aliphatic heterocycles. The van der Waals surface area contributed by atoms with Crippen LogP contribution in [0.1, 0.15) is 55.8 Å². The average molecular weight is 269 g/mol. The summed E-state index contributed by atoms with van der Waals surface area (Å²) < 4.78 is 26.3. The zero-order valence-electron chi connectivity index (χ0n) is 11.3. The van der Waals surface area contributed by atoms with Gasteiger partial charge in [-0.25, -0.2) is 8.78 Å². The van der Waals surface area contributed by atoms with Crippen LogP contribution in [0.3, 0.4) is 0 Å². The second kappa shape index (κ2) is 8.62. The number of halogens is 2. The van der Waals surface area contributed by atoms with E-state index < -0.39 is 17.5 Å². The van der Waals surface area contributed by atoms with Crippen molar-refractivity contribution in [1.29, 1.82) is 0 Å². The first-order chi connectivity index (χ1) is 9.16. The van der Waals surface area contributed by atoms with Gasteiger partial charge in [0.2, 0.25) is 0 Å². The molecule has 0 aromatic heterocycles. The third kappa shape index (κ3) is 5.37. The minimum Gasteiger partial charge on any atom is -0.352 e. The average Bonchev–Trinajstić information content (AvgIpc) is 2.40. The van der Waals surface area contributed by atoms with Crippen LogP contribution in [0.2, 0.25) is 0 Å². The molecule has 0 aliphatic rings. The van der Waals surface area contributed by atoms with Crippen molar-refractivity contribution in [2.24, 2.45) is 0 Å². The number of rotatable bonds is 8. The smallest absolute Gasteiger partial charge is 0.254 e. The van der Waals surface area contributed by atoms with Crippen molar-refractivity contribution < 1.29 is 13.6 Å². The molecule has 4 heteroatoms. The van der Waals surface area contributed by atoms with E-state index in [1.807, 2.05) is 0 Å². The van der Waals surface area contributed by atoms with Crippen LogP contribution in [0.5, 0.6) is 0 Å². The fraction of sp³-hybridized carbons (Fsp3) is 0.533. The van der Waals surface area contributed by atoms with Crippen LogP contribution in [0, 0.1) is 11.6 Å². The SMILES string of the molecule is CCCCCCCCNC(=O)c1cccc(F)c1F. The van der Waals surface area contributed by atoms with E-state index in [-0.39, 0.29) is 5.56 Å². The lowest BCUT2D eigenvalue weighted by Gasteiger charge is -2.06. The third-order valence-electron chi connectivity index (χ3n) is 3.01. The number of hydrogen-bond acceptors (Lipinski definition) is 1. The van der Waals surface area contributed by atoms with Gasteiger partial charge in [0.15, 0.2) is 11.6 Å². The van der Waals surface area contributed by atoms with Gasteiger partial charge in [-0.2, -0.15) is 0 Å². The third-order valence-corrected chi connectivity index (χ3v) is 3.01. The van der Waals surface area contributed by atoms with Gasteiger partial charge >= 0.3 is 0 Å². The van der Waals surface area contributed by atoms with E-state index in [0.717, 1.165) is 25.3 Å². The Balaban J connectivity index is 2.26. The largest absolute Gasteiger partial charge is 0.352 e. The van der Waals surface area contributed by atoms with Gasteiger partial charge < -0.3 is 5.32 Å². The summed E-state index contributed by atoms with van der Waals surface area (Å²) in [7, 11) is 0. The van der Waals surface area contributed by atoms with Crippen LogP contribution in [0.15, 0.2) is 18.2 Å². The van der Waals surface area contributed by atoms with Crippen molar-refractivity contribution >= 4 is 5.91 Å². The quantitative estimate of drug-likeness (QED) is 0.709. The first-order valence-electron chi connectivity index (χ1n) is 6.89. The number of unbranched alkanes of at least 4 members (excludes halogenated alkanes) is 5. The Bertz CT molecular complexity index is 407. The normalized spacial score (nSPS) is 10.5. The van der Waals surface area contributed by atoms with Crippen LogP contribution in [0.25, 0.3) is 0 Å². The predicted molar refractivity (Wildman–Crippen MR) is 72.1 cm³/mol. The van der Waals surface area contributed by atoms with Crippen LogP contribution in [0.4, 0.5) is 8.78 Å². The summed E-state index contributed by atoms with van der Waals surface area (Å²) in [6.45, 7) is 2.66. The van der Waals surface area contributed by atoms with Gasteiger partial charge in [0.1, 0.15) is 0 Å². The van der Waals surface area contributed by atoms with Gasteiger partial charge in [-0.05, 0) is 18.6 Å². The summed E-state index contributed by atoms with van der Waals surface area (Å²) in [5.74, 6) is -2.62. The number of nitrogens with one attached hydrogen (secondary N) is 1. The topological polar surface area (TPSA) is 29.1 Å². The Kier molecular flexibility index (Phi) is 7.08. The molecule has 106 valence electrons. The van der Waals surface area contributed by atoms with E-state index in [4.69, 9.17) is 0 Å².